The Morgan fingerprint density at radius 1 is 1.30 bits per heavy atom. The van der Waals surface area contributed by atoms with Crippen molar-refractivity contribution in [3.8, 4) is 0 Å². The third kappa shape index (κ3) is 5.25. The molecule has 1 heterocycles. The number of nitrogens with zero attached hydrogens (tertiary/aromatic N) is 2. The summed E-state index contributed by atoms with van der Waals surface area (Å²) in [6.45, 7) is 2.42. The van der Waals surface area contributed by atoms with Gasteiger partial charge in [-0.15, -0.1) is 0 Å². The molecule has 0 aliphatic rings. The van der Waals surface area contributed by atoms with Crippen molar-refractivity contribution >= 4 is 27.8 Å². The summed E-state index contributed by atoms with van der Waals surface area (Å²) in [6, 6.07) is 11.5. The average molecular weight is 377 g/mol. The van der Waals surface area contributed by atoms with Gasteiger partial charge in [0.25, 0.3) is 0 Å². The van der Waals surface area contributed by atoms with Crippen LogP contribution in [0, 0.1) is 0 Å². The number of nitrogens with one attached hydrogen (secondary N) is 2. The fraction of sp³-hybridized carbons (Fsp3) is 0.294. The lowest BCUT2D eigenvalue weighted by atomic mass is 10.1. The van der Waals surface area contributed by atoms with Crippen LogP contribution < -0.4 is 15.5 Å². The molecule has 0 saturated carbocycles. The van der Waals surface area contributed by atoms with Crippen LogP contribution in [0.15, 0.2) is 47.1 Å². The highest BCUT2D eigenvalue weighted by Crippen LogP contribution is 2.17. The lowest BCUT2D eigenvalue weighted by Crippen LogP contribution is -2.36. The van der Waals surface area contributed by atoms with Crippen molar-refractivity contribution < 1.29 is 4.79 Å². The smallest absolute Gasteiger partial charge is 0.315 e. The van der Waals surface area contributed by atoms with E-state index in [2.05, 4.69) is 31.5 Å². The number of carbonyl (C=O) groups excluding carboxylic acids is 1. The molecular weight excluding hydrogens is 356 g/mol. The molecule has 1 aromatic heterocycles. The molecule has 0 fully saturated rings. The third-order valence-corrected chi connectivity index (χ3v) is 3.91. The number of aromatic nitrogens is 1. The third-order valence-electron chi connectivity index (χ3n) is 3.42. The van der Waals surface area contributed by atoms with Gasteiger partial charge in [0, 0.05) is 31.3 Å². The first kappa shape index (κ1) is 17.3. The Labute approximate surface area is 145 Å². The number of amides is 2. The Hall–Kier alpha value is -2.08. The quantitative estimate of drug-likeness (QED) is 0.839. The first-order valence-electron chi connectivity index (χ1n) is 7.38. The molecule has 122 valence electrons. The van der Waals surface area contributed by atoms with E-state index in [1.54, 1.807) is 6.20 Å². The van der Waals surface area contributed by atoms with Gasteiger partial charge in [0.1, 0.15) is 5.82 Å². The highest BCUT2D eigenvalue weighted by atomic mass is 79.9. The van der Waals surface area contributed by atoms with Crippen LogP contribution in [0.2, 0.25) is 0 Å². The van der Waals surface area contributed by atoms with Gasteiger partial charge in [0.2, 0.25) is 0 Å². The van der Waals surface area contributed by atoms with E-state index in [9.17, 15) is 4.79 Å². The minimum atomic E-state index is -0.194. The van der Waals surface area contributed by atoms with Gasteiger partial charge in [-0.3, -0.25) is 0 Å². The van der Waals surface area contributed by atoms with Gasteiger partial charge in [-0.1, -0.05) is 28.1 Å². The van der Waals surface area contributed by atoms with Gasteiger partial charge in [-0.25, -0.2) is 9.78 Å². The number of anilines is 1. The summed E-state index contributed by atoms with van der Waals surface area (Å²) in [5, 5.41) is 5.81. The van der Waals surface area contributed by atoms with Gasteiger partial charge >= 0.3 is 6.03 Å². The standard InChI is InChI=1S/C17H21BrN4O/c1-12(14-5-4-6-15(18)10-14)21-17(23)20-11-13-7-8-19-16(9-13)22(2)3/h4-10,12H,11H2,1-3H3,(H2,20,21,23). The normalized spacial score (nSPS) is 11.7. The second-order valence-electron chi connectivity index (χ2n) is 5.52. The van der Waals surface area contributed by atoms with E-state index < -0.39 is 0 Å². The van der Waals surface area contributed by atoms with Crippen molar-refractivity contribution in [3.63, 3.8) is 0 Å². The maximum absolute atomic E-state index is 12.0. The van der Waals surface area contributed by atoms with Gasteiger partial charge in [0.05, 0.1) is 6.04 Å². The number of halogens is 1. The molecule has 5 nitrogen and oxygen atoms in total. The first-order valence-corrected chi connectivity index (χ1v) is 8.17. The second kappa shape index (κ2) is 7.97. The zero-order valence-electron chi connectivity index (χ0n) is 13.5. The van der Waals surface area contributed by atoms with Crippen LogP contribution in [-0.4, -0.2) is 25.1 Å². The van der Waals surface area contributed by atoms with Gasteiger partial charge in [0.15, 0.2) is 0 Å². The predicted octanol–water partition coefficient (Wildman–Crippen LogP) is 3.47. The molecule has 6 heteroatoms. The molecule has 0 aliphatic heterocycles. The monoisotopic (exact) mass is 376 g/mol. The summed E-state index contributed by atoms with van der Waals surface area (Å²) in [5.41, 5.74) is 2.06. The predicted molar refractivity (Wildman–Crippen MR) is 96.5 cm³/mol. The molecule has 0 radical (unpaired) electrons. The fourth-order valence-corrected chi connectivity index (χ4v) is 2.52. The Bertz CT molecular complexity index is 675. The Morgan fingerprint density at radius 2 is 2.09 bits per heavy atom. The molecule has 23 heavy (non-hydrogen) atoms. The summed E-state index contributed by atoms with van der Waals surface area (Å²) >= 11 is 3.44. The summed E-state index contributed by atoms with van der Waals surface area (Å²) in [6.07, 6.45) is 1.74. The van der Waals surface area contributed by atoms with Crippen LogP contribution in [0.25, 0.3) is 0 Å². The Balaban J connectivity index is 1.89. The van der Waals surface area contributed by atoms with E-state index in [4.69, 9.17) is 0 Å². The maximum atomic E-state index is 12.0. The van der Waals surface area contributed by atoms with Crippen LogP contribution in [-0.2, 0) is 6.54 Å². The molecule has 2 N–H and O–H groups in total. The Kier molecular flexibility index (Phi) is 5.98. The Morgan fingerprint density at radius 3 is 2.78 bits per heavy atom. The minimum absolute atomic E-state index is 0.0673. The molecule has 2 aromatic rings. The fourth-order valence-electron chi connectivity index (χ4n) is 2.10. The number of hydrogen-bond donors (Lipinski definition) is 2. The lowest BCUT2D eigenvalue weighted by molar-refractivity contribution is 0.237. The van der Waals surface area contributed by atoms with Crippen molar-refractivity contribution in [3.05, 3.63) is 58.2 Å². The van der Waals surface area contributed by atoms with Gasteiger partial charge in [-0.2, -0.15) is 0 Å². The lowest BCUT2D eigenvalue weighted by Gasteiger charge is -2.16. The number of hydrogen-bond acceptors (Lipinski definition) is 3. The molecule has 2 rings (SSSR count). The van der Waals surface area contributed by atoms with Crippen molar-refractivity contribution in [2.75, 3.05) is 19.0 Å². The van der Waals surface area contributed by atoms with Gasteiger partial charge in [-0.05, 0) is 42.3 Å². The molecule has 1 aromatic carbocycles. The van der Waals surface area contributed by atoms with E-state index in [0.29, 0.717) is 6.54 Å². The maximum Gasteiger partial charge on any atom is 0.315 e. The zero-order chi connectivity index (χ0) is 16.8. The number of rotatable bonds is 5. The molecule has 0 aliphatic carbocycles. The molecular formula is C17H21BrN4O. The first-order chi connectivity index (χ1) is 11.0. The molecule has 1 unspecified atom stereocenters. The van der Waals surface area contributed by atoms with Crippen molar-refractivity contribution in [2.24, 2.45) is 0 Å². The number of urea groups is 1. The topological polar surface area (TPSA) is 57.3 Å². The summed E-state index contributed by atoms with van der Waals surface area (Å²) in [4.78, 5) is 18.2. The molecule has 2 amide bonds. The van der Waals surface area contributed by atoms with Crippen LogP contribution in [0.4, 0.5) is 10.6 Å². The number of pyridine rings is 1. The molecule has 1 atom stereocenters. The van der Waals surface area contributed by atoms with Crippen molar-refractivity contribution in [2.45, 2.75) is 19.5 Å². The van der Waals surface area contributed by atoms with Crippen LogP contribution >= 0.6 is 15.9 Å². The SMILES string of the molecule is CC(NC(=O)NCc1ccnc(N(C)C)c1)c1cccc(Br)c1. The van der Waals surface area contributed by atoms with E-state index in [0.717, 1.165) is 21.4 Å². The number of carbonyl (C=O) groups is 1. The van der Waals surface area contributed by atoms with Crippen molar-refractivity contribution in [1.82, 2.24) is 15.6 Å². The zero-order valence-corrected chi connectivity index (χ0v) is 15.1. The highest BCUT2D eigenvalue weighted by molar-refractivity contribution is 9.10. The van der Waals surface area contributed by atoms with E-state index in [1.165, 1.54) is 0 Å². The second-order valence-corrected chi connectivity index (χ2v) is 6.44. The number of benzene rings is 1. The average Bonchev–Trinajstić information content (AvgIpc) is 2.53. The minimum Gasteiger partial charge on any atom is -0.363 e. The highest BCUT2D eigenvalue weighted by Gasteiger charge is 2.09. The van der Waals surface area contributed by atoms with Crippen molar-refractivity contribution in [1.29, 1.82) is 0 Å². The molecule has 0 spiro atoms. The van der Waals surface area contributed by atoms with Crippen LogP contribution in [0.3, 0.4) is 0 Å². The summed E-state index contributed by atoms with van der Waals surface area (Å²) < 4.78 is 0.997. The van der Waals surface area contributed by atoms with E-state index in [-0.39, 0.29) is 12.1 Å². The largest absolute Gasteiger partial charge is 0.363 e. The van der Waals surface area contributed by atoms with Gasteiger partial charge < -0.3 is 15.5 Å². The summed E-state index contributed by atoms with van der Waals surface area (Å²) in [7, 11) is 3.87. The van der Waals surface area contributed by atoms with E-state index >= 15 is 0 Å². The van der Waals surface area contributed by atoms with Crippen LogP contribution in [0.1, 0.15) is 24.1 Å². The van der Waals surface area contributed by atoms with Crippen LogP contribution in [0.5, 0.6) is 0 Å². The molecule has 0 bridgehead atoms. The van der Waals surface area contributed by atoms with E-state index in [1.807, 2.05) is 62.3 Å². The summed E-state index contributed by atoms with van der Waals surface area (Å²) in [5.74, 6) is 0.868. The molecule has 0 saturated heterocycles.